The number of hydrogen-bond acceptors (Lipinski definition) is 2. The maximum absolute atomic E-state index is 12.6. The molecule has 3 nitrogen and oxygen atoms in total. The molecule has 0 radical (unpaired) electrons. The summed E-state index contributed by atoms with van der Waals surface area (Å²) in [6.07, 6.45) is -4.65. The Labute approximate surface area is 122 Å². The molecule has 0 saturated carbocycles. The van der Waals surface area contributed by atoms with Crippen LogP contribution in [0, 0.1) is 0 Å². The molecule has 0 unspecified atom stereocenters. The summed E-state index contributed by atoms with van der Waals surface area (Å²) in [5.41, 5.74) is -0.794. The van der Waals surface area contributed by atoms with Crippen LogP contribution in [0.15, 0.2) is 24.3 Å². The molecule has 1 N–H and O–H groups in total. The molecule has 1 aromatic carbocycles. The monoisotopic (exact) mass is 303 g/mol. The standard InChI is InChI=1S/C15H20F3NO2/c1-10(19-13(20)21-14(2,3)4)8-11-6-5-7-12(9-11)15(16,17)18/h5-7,9-10H,8H2,1-4H3,(H,19,20)/t10-/m1/s1. The van der Waals surface area contributed by atoms with Crippen molar-refractivity contribution in [3.63, 3.8) is 0 Å². The first-order valence-electron chi connectivity index (χ1n) is 6.63. The van der Waals surface area contributed by atoms with E-state index in [1.807, 2.05) is 0 Å². The summed E-state index contributed by atoms with van der Waals surface area (Å²) in [5.74, 6) is 0. The lowest BCUT2D eigenvalue weighted by Crippen LogP contribution is -2.38. The minimum absolute atomic E-state index is 0.295. The Kier molecular flexibility index (Phi) is 5.25. The van der Waals surface area contributed by atoms with Crippen LogP contribution in [0.1, 0.15) is 38.8 Å². The van der Waals surface area contributed by atoms with Gasteiger partial charge in [-0.05, 0) is 45.7 Å². The van der Waals surface area contributed by atoms with Crippen LogP contribution in [0.2, 0.25) is 0 Å². The smallest absolute Gasteiger partial charge is 0.416 e. The Bertz CT molecular complexity index is 492. The molecule has 0 aliphatic carbocycles. The van der Waals surface area contributed by atoms with Gasteiger partial charge in [-0.2, -0.15) is 13.2 Å². The van der Waals surface area contributed by atoms with Gasteiger partial charge in [-0.25, -0.2) is 4.79 Å². The lowest BCUT2D eigenvalue weighted by molar-refractivity contribution is -0.137. The van der Waals surface area contributed by atoms with Crippen molar-refractivity contribution in [3.8, 4) is 0 Å². The number of alkyl halides is 3. The van der Waals surface area contributed by atoms with E-state index in [1.165, 1.54) is 6.07 Å². The highest BCUT2D eigenvalue weighted by molar-refractivity contribution is 5.68. The first kappa shape index (κ1) is 17.3. The average molecular weight is 303 g/mol. The van der Waals surface area contributed by atoms with Gasteiger partial charge in [-0.1, -0.05) is 18.2 Å². The Morgan fingerprint density at radius 3 is 2.43 bits per heavy atom. The number of rotatable bonds is 3. The van der Waals surface area contributed by atoms with Gasteiger partial charge >= 0.3 is 12.3 Å². The largest absolute Gasteiger partial charge is 0.444 e. The van der Waals surface area contributed by atoms with Crippen LogP contribution in [0.5, 0.6) is 0 Å². The molecule has 0 bridgehead atoms. The maximum Gasteiger partial charge on any atom is 0.416 e. The lowest BCUT2D eigenvalue weighted by atomic mass is 10.0. The molecule has 1 rings (SSSR count). The number of ether oxygens (including phenoxy) is 1. The number of nitrogens with one attached hydrogen (secondary N) is 1. The second-order valence-electron chi connectivity index (χ2n) is 5.95. The molecule has 0 aliphatic heterocycles. The minimum atomic E-state index is -4.36. The van der Waals surface area contributed by atoms with E-state index in [-0.39, 0.29) is 6.04 Å². The highest BCUT2D eigenvalue weighted by Crippen LogP contribution is 2.29. The quantitative estimate of drug-likeness (QED) is 0.910. The van der Waals surface area contributed by atoms with Gasteiger partial charge < -0.3 is 10.1 Å². The van der Waals surface area contributed by atoms with E-state index in [1.54, 1.807) is 33.8 Å². The van der Waals surface area contributed by atoms with Crippen LogP contribution < -0.4 is 5.32 Å². The lowest BCUT2D eigenvalue weighted by Gasteiger charge is -2.22. The average Bonchev–Trinajstić information content (AvgIpc) is 2.24. The third-order valence-electron chi connectivity index (χ3n) is 2.56. The first-order chi connectivity index (χ1) is 9.47. The van der Waals surface area contributed by atoms with Gasteiger partial charge in [0.1, 0.15) is 5.60 Å². The van der Waals surface area contributed by atoms with Crippen LogP contribution in [0.3, 0.4) is 0 Å². The Morgan fingerprint density at radius 1 is 1.29 bits per heavy atom. The van der Waals surface area contributed by atoms with Gasteiger partial charge in [0.15, 0.2) is 0 Å². The molecule has 118 valence electrons. The van der Waals surface area contributed by atoms with E-state index in [9.17, 15) is 18.0 Å². The topological polar surface area (TPSA) is 38.3 Å². The second-order valence-corrected chi connectivity index (χ2v) is 5.95. The van der Waals surface area contributed by atoms with Crippen LogP contribution in [-0.4, -0.2) is 17.7 Å². The SMILES string of the molecule is C[C@H](Cc1cccc(C(F)(F)F)c1)NC(=O)OC(C)(C)C. The molecular weight excluding hydrogens is 283 g/mol. The van der Waals surface area contributed by atoms with Gasteiger partial charge in [0.05, 0.1) is 5.56 Å². The van der Waals surface area contributed by atoms with Crippen molar-refractivity contribution in [2.45, 2.75) is 51.9 Å². The summed E-state index contributed by atoms with van der Waals surface area (Å²) in [5, 5.41) is 2.60. The van der Waals surface area contributed by atoms with E-state index in [4.69, 9.17) is 4.74 Å². The fourth-order valence-corrected chi connectivity index (χ4v) is 1.79. The van der Waals surface area contributed by atoms with E-state index in [2.05, 4.69) is 5.32 Å². The number of carbonyl (C=O) groups is 1. The fourth-order valence-electron chi connectivity index (χ4n) is 1.79. The van der Waals surface area contributed by atoms with Crippen LogP contribution in [0.25, 0.3) is 0 Å². The fraction of sp³-hybridized carbons (Fsp3) is 0.533. The van der Waals surface area contributed by atoms with Gasteiger partial charge in [0, 0.05) is 6.04 Å². The number of halogens is 3. The molecule has 1 atom stereocenters. The molecule has 0 fully saturated rings. The summed E-state index contributed by atoms with van der Waals surface area (Å²) < 4.78 is 42.9. The molecule has 0 saturated heterocycles. The molecule has 0 aliphatic rings. The Morgan fingerprint density at radius 2 is 1.90 bits per heavy atom. The predicted octanol–water partition coefficient (Wildman–Crippen LogP) is 4.16. The van der Waals surface area contributed by atoms with E-state index in [0.717, 1.165) is 12.1 Å². The second kappa shape index (κ2) is 6.37. The van der Waals surface area contributed by atoms with Crippen molar-refractivity contribution in [1.82, 2.24) is 5.32 Å². The van der Waals surface area contributed by atoms with Crippen molar-refractivity contribution in [3.05, 3.63) is 35.4 Å². The summed E-state index contributed by atoms with van der Waals surface area (Å²) in [7, 11) is 0. The number of carbonyl (C=O) groups excluding carboxylic acids is 1. The van der Waals surface area contributed by atoms with Crippen LogP contribution in [0.4, 0.5) is 18.0 Å². The molecule has 21 heavy (non-hydrogen) atoms. The Balaban J connectivity index is 2.63. The minimum Gasteiger partial charge on any atom is -0.444 e. The number of amides is 1. The first-order valence-corrected chi connectivity index (χ1v) is 6.63. The molecule has 0 spiro atoms. The van der Waals surface area contributed by atoms with Gasteiger partial charge in [0.2, 0.25) is 0 Å². The number of hydrogen-bond donors (Lipinski definition) is 1. The summed E-state index contributed by atoms with van der Waals surface area (Å²) >= 11 is 0. The maximum atomic E-state index is 12.6. The normalized spacial score (nSPS) is 13.7. The third-order valence-corrected chi connectivity index (χ3v) is 2.56. The van der Waals surface area contributed by atoms with Crippen molar-refractivity contribution in [2.75, 3.05) is 0 Å². The van der Waals surface area contributed by atoms with E-state index >= 15 is 0 Å². The molecular formula is C15H20F3NO2. The molecule has 0 aromatic heterocycles. The van der Waals surface area contributed by atoms with Crippen LogP contribution >= 0.6 is 0 Å². The Hall–Kier alpha value is -1.72. The van der Waals surface area contributed by atoms with Crippen molar-refractivity contribution < 1.29 is 22.7 Å². The highest BCUT2D eigenvalue weighted by atomic mass is 19.4. The van der Waals surface area contributed by atoms with Gasteiger partial charge in [-0.3, -0.25) is 0 Å². The number of alkyl carbamates (subject to hydrolysis) is 1. The summed E-state index contributed by atoms with van der Waals surface area (Å²) in [6, 6.07) is 4.74. The van der Waals surface area contributed by atoms with Crippen LogP contribution in [-0.2, 0) is 17.3 Å². The van der Waals surface area contributed by atoms with Crippen molar-refractivity contribution in [2.24, 2.45) is 0 Å². The van der Waals surface area contributed by atoms with E-state index in [0.29, 0.717) is 12.0 Å². The summed E-state index contributed by atoms with van der Waals surface area (Å²) in [4.78, 5) is 11.6. The van der Waals surface area contributed by atoms with Crippen molar-refractivity contribution >= 4 is 6.09 Å². The molecule has 0 heterocycles. The molecule has 6 heteroatoms. The van der Waals surface area contributed by atoms with E-state index < -0.39 is 23.4 Å². The zero-order valence-corrected chi connectivity index (χ0v) is 12.5. The molecule has 1 aromatic rings. The van der Waals surface area contributed by atoms with Crippen molar-refractivity contribution in [1.29, 1.82) is 0 Å². The predicted molar refractivity (Wildman–Crippen MR) is 74.0 cm³/mol. The zero-order chi connectivity index (χ0) is 16.3. The summed E-state index contributed by atoms with van der Waals surface area (Å²) in [6.45, 7) is 6.93. The number of benzene rings is 1. The van der Waals surface area contributed by atoms with Gasteiger partial charge in [-0.15, -0.1) is 0 Å². The van der Waals surface area contributed by atoms with Gasteiger partial charge in [0.25, 0.3) is 0 Å². The molecule has 1 amide bonds. The zero-order valence-electron chi connectivity index (χ0n) is 12.5. The highest BCUT2D eigenvalue weighted by Gasteiger charge is 2.30. The third kappa shape index (κ3) is 6.51.